The molecule has 0 atom stereocenters. The van der Waals surface area contributed by atoms with Gasteiger partial charge < -0.3 is 5.32 Å². The molecule has 10 heteroatoms. The average molecular weight is 374 g/mol. The number of nitrogens with zero attached hydrogens (tertiary/aromatic N) is 2. The first-order valence-electron chi connectivity index (χ1n) is 7.58. The Morgan fingerprint density at radius 2 is 1.85 bits per heavy atom. The molecule has 9 nitrogen and oxygen atoms in total. The fraction of sp³-hybridized carbons (Fsp3) is 0.125. The van der Waals surface area contributed by atoms with Crippen LogP contribution >= 0.6 is 0 Å². The number of non-ortho nitro benzene ring substituents is 1. The fourth-order valence-electron chi connectivity index (χ4n) is 2.43. The number of amides is 1. The second-order valence-corrected chi connectivity index (χ2v) is 7.04. The van der Waals surface area contributed by atoms with Gasteiger partial charge in [0.1, 0.15) is 5.84 Å². The molecule has 2 aromatic carbocycles. The maximum atomic E-state index is 12.0. The smallest absolute Gasteiger partial charge is 0.269 e. The number of sulfonamides is 1. The zero-order valence-corrected chi connectivity index (χ0v) is 14.2. The van der Waals surface area contributed by atoms with Crippen molar-refractivity contribution < 1.29 is 18.1 Å². The summed E-state index contributed by atoms with van der Waals surface area (Å²) in [5, 5.41) is 13.2. The fourth-order valence-corrected chi connectivity index (χ4v) is 3.68. The molecule has 2 aromatic rings. The number of nitro groups is 1. The highest BCUT2D eigenvalue weighted by molar-refractivity contribution is 7.90. The number of rotatable bonds is 5. The summed E-state index contributed by atoms with van der Waals surface area (Å²) in [6.45, 7) is 0.355. The third-order valence-electron chi connectivity index (χ3n) is 3.67. The van der Waals surface area contributed by atoms with Gasteiger partial charge in [-0.2, -0.15) is 0 Å². The van der Waals surface area contributed by atoms with Crippen LogP contribution in [0.5, 0.6) is 0 Å². The molecule has 1 amide bonds. The van der Waals surface area contributed by atoms with Crippen LogP contribution in [0.25, 0.3) is 0 Å². The number of hydrogen-bond acceptors (Lipinski definition) is 6. The van der Waals surface area contributed by atoms with Crippen LogP contribution in [0.1, 0.15) is 15.9 Å². The highest BCUT2D eigenvalue weighted by Crippen LogP contribution is 2.21. The molecule has 2 N–H and O–H groups in total. The summed E-state index contributed by atoms with van der Waals surface area (Å²) in [5.41, 5.74) is 0.685. The zero-order chi connectivity index (χ0) is 18.7. The number of fused-ring (bicyclic) bond motifs is 1. The molecular weight excluding hydrogens is 360 g/mol. The van der Waals surface area contributed by atoms with Crippen LogP contribution in [0.3, 0.4) is 0 Å². The molecule has 26 heavy (non-hydrogen) atoms. The standard InChI is InChI=1S/C16H14N4O5S/c21-16(11-5-7-12(8-6-11)20(22)23)18-10-9-17-15-13-3-1-2-4-14(13)26(24,25)19-15/h1-8H,9-10H2,(H,17,19)(H,18,21). The van der Waals surface area contributed by atoms with Gasteiger partial charge in [0.15, 0.2) is 0 Å². The Hall–Kier alpha value is -3.27. The summed E-state index contributed by atoms with van der Waals surface area (Å²) in [7, 11) is -3.59. The van der Waals surface area contributed by atoms with E-state index in [1.165, 1.54) is 30.3 Å². The van der Waals surface area contributed by atoms with E-state index in [2.05, 4.69) is 15.0 Å². The monoisotopic (exact) mass is 374 g/mol. The minimum Gasteiger partial charge on any atom is -0.350 e. The number of amidine groups is 1. The van der Waals surface area contributed by atoms with Crippen molar-refractivity contribution in [2.75, 3.05) is 13.1 Å². The van der Waals surface area contributed by atoms with Gasteiger partial charge in [0.25, 0.3) is 21.6 Å². The topological polar surface area (TPSA) is 131 Å². The molecule has 3 rings (SSSR count). The Kier molecular flexibility index (Phi) is 4.67. The van der Waals surface area contributed by atoms with Crippen LogP contribution in [0.4, 0.5) is 5.69 Å². The lowest BCUT2D eigenvalue weighted by Gasteiger charge is -2.04. The lowest BCUT2D eigenvalue weighted by molar-refractivity contribution is -0.384. The first kappa shape index (κ1) is 17.5. The molecule has 0 spiro atoms. The Labute approximate surface area is 149 Å². The van der Waals surface area contributed by atoms with Gasteiger partial charge in [0, 0.05) is 29.8 Å². The average Bonchev–Trinajstić information content (AvgIpc) is 2.89. The summed E-state index contributed by atoms with van der Waals surface area (Å²) in [4.78, 5) is 26.4. The van der Waals surface area contributed by atoms with Crippen molar-refractivity contribution >= 4 is 27.5 Å². The number of carbonyl (C=O) groups excluding carboxylic acids is 1. The number of benzene rings is 2. The van der Waals surface area contributed by atoms with E-state index in [4.69, 9.17) is 0 Å². The van der Waals surface area contributed by atoms with E-state index in [1.54, 1.807) is 18.2 Å². The van der Waals surface area contributed by atoms with E-state index >= 15 is 0 Å². The van der Waals surface area contributed by atoms with Crippen molar-refractivity contribution in [1.29, 1.82) is 0 Å². The predicted molar refractivity (Wildman–Crippen MR) is 93.6 cm³/mol. The molecule has 134 valence electrons. The maximum absolute atomic E-state index is 12.0. The maximum Gasteiger partial charge on any atom is 0.269 e. The highest BCUT2D eigenvalue weighted by atomic mass is 32.2. The van der Waals surface area contributed by atoms with Gasteiger partial charge in [-0.25, -0.2) is 8.42 Å². The van der Waals surface area contributed by atoms with Gasteiger partial charge in [-0.3, -0.25) is 24.6 Å². The molecule has 0 unspecified atom stereocenters. The molecule has 0 aromatic heterocycles. The van der Waals surface area contributed by atoms with Crippen LogP contribution < -0.4 is 10.0 Å². The van der Waals surface area contributed by atoms with Gasteiger partial charge in [-0.15, -0.1) is 0 Å². The number of carbonyl (C=O) groups is 1. The second-order valence-electron chi connectivity index (χ2n) is 5.39. The predicted octanol–water partition coefficient (Wildman–Crippen LogP) is 1.06. The van der Waals surface area contributed by atoms with E-state index < -0.39 is 20.9 Å². The molecule has 0 saturated heterocycles. The third-order valence-corrected chi connectivity index (χ3v) is 5.07. The summed E-state index contributed by atoms with van der Waals surface area (Å²) in [5.74, 6) is -0.155. The van der Waals surface area contributed by atoms with Gasteiger partial charge in [0.2, 0.25) is 0 Å². The number of hydrogen-bond donors (Lipinski definition) is 2. The van der Waals surface area contributed by atoms with Crippen LogP contribution in [0, 0.1) is 10.1 Å². The van der Waals surface area contributed by atoms with E-state index in [9.17, 15) is 23.3 Å². The minimum absolute atomic E-state index is 0.0971. The number of nitrogens with one attached hydrogen (secondary N) is 2. The summed E-state index contributed by atoms with van der Waals surface area (Å²) >= 11 is 0. The molecule has 0 saturated carbocycles. The van der Waals surface area contributed by atoms with Crippen LogP contribution in [0.2, 0.25) is 0 Å². The van der Waals surface area contributed by atoms with Crippen molar-refractivity contribution in [1.82, 2.24) is 10.0 Å². The minimum atomic E-state index is -3.59. The van der Waals surface area contributed by atoms with Crippen LogP contribution in [-0.2, 0) is 10.0 Å². The third kappa shape index (κ3) is 3.54. The van der Waals surface area contributed by atoms with Crippen molar-refractivity contribution in [2.24, 2.45) is 4.99 Å². The second kappa shape index (κ2) is 6.92. The Bertz CT molecular complexity index is 1000. The lowest BCUT2D eigenvalue weighted by atomic mass is 10.2. The molecule has 1 heterocycles. The van der Waals surface area contributed by atoms with Gasteiger partial charge in [-0.05, 0) is 24.3 Å². The molecule has 0 radical (unpaired) electrons. The van der Waals surface area contributed by atoms with Crippen molar-refractivity contribution in [3.05, 3.63) is 69.8 Å². The van der Waals surface area contributed by atoms with Crippen LogP contribution in [-0.4, -0.2) is 38.2 Å². The molecule has 0 aliphatic carbocycles. The lowest BCUT2D eigenvalue weighted by Crippen LogP contribution is -2.27. The molecule has 1 aliphatic heterocycles. The molecule has 0 bridgehead atoms. The van der Waals surface area contributed by atoms with Gasteiger partial charge in [0.05, 0.1) is 16.4 Å². The van der Waals surface area contributed by atoms with E-state index in [0.29, 0.717) is 5.56 Å². The molecular formula is C16H14N4O5S. The van der Waals surface area contributed by atoms with Gasteiger partial charge >= 0.3 is 0 Å². The van der Waals surface area contributed by atoms with E-state index in [1.807, 2.05) is 0 Å². The first-order chi connectivity index (χ1) is 12.4. The highest BCUT2D eigenvalue weighted by Gasteiger charge is 2.29. The Morgan fingerprint density at radius 1 is 1.15 bits per heavy atom. The van der Waals surface area contributed by atoms with Crippen molar-refractivity contribution in [3.63, 3.8) is 0 Å². The summed E-state index contributed by atoms with van der Waals surface area (Å²) in [6, 6.07) is 11.7. The van der Waals surface area contributed by atoms with Crippen molar-refractivity contribution in [2.45, 2.75) is 4.90 Å². The quantitative estimate of drug-likeness (QED) is 0.459. The van der Waals surface area contributed by atoms with E-state index in [0.717, 1.165) is 0 Å². The first-order valence-corrected chi connectivity index (χ1v) is 9.06. The summed E-state index contributed by atoms with van der Waals surface area (Å²) in [6.07, 6.45) is 0. The Morgan fingerprint density at radius 3 is 2.54 bits per heavy atom. The zero-order valence-electron chi connectivity index (χ0n) is 13.4. The largest absolute Gasteiger partial charge is 0.350 e. The van der Waals surface area contributed by atoms with Crippen molar-refractivity contribution in [3.8, 4) is 0 Å². The summed E-state index contributed by atoms with van der Waals surface area (Å²) < 4.78 is 26.3. The van der Waals surface area contributed by atoms with Crippen LogP contribution in [0.15, 0.2) is 58.4 Å². The van der Waals surface area contributed by atoms with Gasteiger partial charge in [-0.1, -0.05) is 12.1 Å². The number of aliphatic imine (C=N–C) groups is 1. The van der Waals surface area contributed by atoms with E-state index in [-0.39, 0.29) is 35.1 Å². The molecule has 0 fully saturated rings. The SMILES string of the molecule is O=C(NCCN=C1NS(=O)(=O)c2ccccc21)c1ccc([N+](=O)[O-])cc1. The Balaban J connectivity index is 1.60. The normalized spacial score (nSPS) is 15.9. The number of nitro benzene ring substituents is 1. The molecule has 1 aliphatic rings.